The average molecular weight is 385 g/mol. The van der Waals surface area contributed by atoms with Crippen LogP contribution in [-0.4, -0.2) is 11.2 Å². The van der Waals surface area contributed by atoms with Crippen molar-refractivity contribution in [1.29, 1.82) is 0 Å². The second-order valence-corrected chi connectivity index (χ2v) is 11.7. The number of aliphatic hydroxyl groups is 1. The SMILES string of the molecule is CC(C)CCC[C@@H](C)C1=CC[C@H]2[C@@H]3CC=C4C[C@@H](O)CC[C@]4(C)[C@H]3CC[C@]12C. The van der Waals surface area contributed by atoms with Gasteiger partial charge in [-0.15, -0.1) is 0 Å². The van der Waals surface area contributed by atoms with Gasteiger partial charge in [0.15, 0.2) is 0 Å². The lowest BCUT2D eigenvalue weighted by molar-refractivity contribution is -0.0316. The van der Waals surface area contributed by atoms with E-state index in [0.717, 1.165) is 42.4 Å². The summed E-state index contributed by atoms with van der Waals surface area (Å²) in [6.45, 7) is 12.4. The first-order valence-corrected chi connectivity index (χ1v) is 12.3. The zero-order valence-electron chi connectivity index (χ0n) is 19.1. The van der Waals surface area contributed by atoms with Crippen LogP contribution in [0.1, 0.15) is 98.8 Å². The second-order valence-electron chi connectivity index (χ2n) is 11.7. The molecule has 2 saturated carbocycles. The van der Waals surface area contributed by atoms with Gasteiger partial charge in [-0.2, -0.15) is 0 Å². The Labute approximate surface area is 174 Å². The summed E-state index contributed by atoms with van der Waals surface area (Å²) in [6.07, 6.45) is 17.8. The number of allylic oxidation sites excluding steroid dienone is 3. The Balaban J connectivity index is 1.50. The molecule has 0 aliphatic heterocycles. The van der Waals surface area contributed by atoms with E-state index in [-0.39, 0.29) is 6.10 Å². The van der Waals surface area contributed by atoms with E-state index in [1.165, 1.54) is 51.4 Å². The summed E-state index contributed by atoms with van der Waals surface area (Å²) in [4.78, 5) is 0. The number of aliphatic hydroxyl groups excluding tert-OH is 1. The van der Waals surface area contributed by atoms with Gasteiger partial charge in [0.1, 0.15) is 0 Å². The van der Waals surface area contributed by atoms with Crippen LogP contribution >= 0.6 is 0 Å². The highest BCUT2D eigenvalue weighted by Crippen LogP contribution is 2.65. The monoisotopic (exact) mass is 384 g/mol. The zero-order chi connectivity index (χ0) is 20.1. The lowest BCUT2D eigenvalue weighted by atomic mass is 9.47. The largest absolute Gasteiger partial charge is 0.393 e. The molecule has 4 aliphatic carbocycles. The molecular formula is C27H44O. The van der Waals surface area contributed by atoms with Crippen molar-refractivity contribution >= 4 is 0 Å². The van der Waals surface area contributed by atoms with Crippen LogP contribution in [-0.2, 0) is 0 Å². The van der Waals surface area contributed by atoms with E-state index in [2.05, 4.69) is 46.8 Å². The molecule has 158 valence electrons. The normalized spacial score (nSPS) is 43.7. The van der Waals surface area contributed by atoms with Crippen LogP contribution in [0.3, 0.4) is 0 Å². The van der Waals surface area contributed by atoms with E-state index < -0.39 is 0 Å². The number of hydrogen-bond donors (Lipinski definition) is 1. The molecule has 0 aromatic heterocycles. The fourth-order valence-corrected chi connectivity index (χ4v) is 7.99. The Morgan fingerprint density at radius 2 is 1.71 bits per heavy atom. The van der Waals surface area contributed by atoms with Gasteiger partial charge in [-0.3, -0.25) is 0 Å². The van der Waals surface area contributed by atoms with Gasteiger partial charge < -0.3 is 5.11 Å². The molecule has 0 unspecified atom stereocenters. The summed E-state index contributed by atoms with van der Waals surface area (Å²) in [6, 6.07) is 0. The lowest BCUT2D eigenvalue weighted by Crippen LogP contribution is -2.50. The molecule has 28 heavy (non-hydrogen) atoms. The molecule has 0 saturated heterocycles. The average Bonchev–Trinajstić information content (AvgIpc) is 2.99. The molecular weight excluding hydrogens is 340 g/mol. The van der Waals surface area contributed by atoms with E-state index in [1.807, 2.05) is 5.57 Å². The minimum absolute atomic E-state index is 0.0869. The van der Waals surface area contributed by atoms with Gasteiger partial charge in [0.2, 0.25) is 0 Å². The summed E-state index contributed by atoms with van der Waals surface area (Å²) in [5.41, 5.74) is 4.24. The van der Waals surface area contributed by atoms with Crippen molar-refractivity contribution in [2.75, 3.05) is 0 Å². The van der Waals surface area contributed by atoms with Crippen molar-refractivity contribution in [1.82, 2.24) is 0 Å². The minimum atomic E-state index is -0.0869. The van der Waals surface area contributed by atoms with Crippen LogP contribution in [0.25, 0.3) is 0 Å². The Kier molecular flexibility index (Phi) is 5.62. The van der Waals surface area contributed by atoms with Gasteiger partial charge in [-0.1, -0.05) is 70.8 Å². The van der Waals surface area contributed by atoms with Gasteiger partial charge in [0.25, 0.3) is 0 Å². The van der Waals surface area contributed by atoms with Crippen molar-refractivity contribution in [3.8, 4) is 0 Å². The highest BCUT2D eigenvalue weighted by Gasteiger charge is 2.56. The molecule has 1 heteroatoms. The third kappa shape index (κ3) is 3.34. The molecule has 0 radical (unpaired) electrons. The molecule has 4 rings (SSSR count). The third-order valence-electron chi connectivity index (χ3n) is 9.67. The lowest BCUT2D eigenvalue weighted by Gasteiger charge is -2.58. The number of hydrogen-bond acceptors (Lipinski definition) is 1. The first-order chi connectivity index (χ1) is 13.3. The fraction of sp³-hybridized carbons (Fsp3) is 0.852. The number of fused-ring (bicyclic) bond motifs is 5. The van der Waals surface area contributed by atoms with Gasteiger partial charge in [0, 0.05) is 0 Å². The van der Waals surface area contributed by atoms with Gasteiger partial charge in [-0.25, -0.2) is 0 Å². The smallest absolute Gasteiger partial charge is 0.0577 e. The predicted octanol–water partition coefficient (Wildman–Crippen LogP) is 7.31. The van der Waals surface area contributed by atoms with Crippen LogP contribution in [0.5, 0.6) is 0 Å². The van der Waals surface area contributed by atoms with E-state index in [9.17, 15) is 5.11 Å². The fourth-order valence-electron chi connectivity index (χ4n) is 7.99. The Morgan fingerprint density at radius 3 is 2.46 bits per heavy atom. The first-order valence-electron chi connectivity index (χ1n) is 12.3. The van der Waals surface area contributed by atoms with E-state index in [0.29, 0.717) is 10.8 Å². The zero-order valence-corrected chi connectivity index (χ0v) is 19.1. The third-order valence-corrected chi connectivity index (χ3v) is 9.67. The molecule has 0 spiro atoms. The van der Waals surface area contributed by atoms with E-state index in [4.69, 9.17) is 0 Å². The van der Waals surface area contributed by atoms with Crippen LogP contribution in [0.15, 0.2) is 23.3 Å². The van der Waals surface area contributed by atoms with Crippen LogP contribution in [0, 0.1) is 40.4 Å². The predicted molar refractivity (Wildman–Crippen MR) is 119 cm³/mol. The molecule has 0 heterocycles. The van der Waals surface area contributed by atoms with Crippen molar-refractivity contribution in [3.63, 3.8) is 0 Å². The summed E-state index contributed by atoms with van der Waals surface area (Å²) >= 11 is 0. The summed E-state index contributed by atoms with van der Waals surface area (Å²) in [7, 11) is 0. The molecule has 2 fully saturated rings. The molecule has 0 bridgehead atoms. The van der Waals surface area contributed by atoms with E-state index >= 15 is 0 Å². The van der Waals surface area contributed by atoms with Crippen molar-refractivity contribution < 1.29 is 5.11 Å². The number of rotatable bonds is 5. The first kappa shape index (κ1) is 20.7. The second kappa shape index (κ2) is 7.60. The van der Waals surface area contributed by atoms with Crippen molar-refractivity contribution in [3.05, 3.63) is 23.3 Å². The van der Waals surface area contributed by atoms with E-state index in [1.54, 1.807) is 5.57 Å². The Bertz CT molecular complexity index is 643. The highest BCUT2D eigenvalue weighted by molar-refractivity contribution is 5.31. The van der Waals surface area contributed by atoms with Crippen molar-refractivity contribution in [2.45, 2.75) is 105 Å². The quantitative estimate of drug-likeness (QED) is 0.493. The highest BCUT2D eigenvalue weighted by atomic mass is 16.3. The van der Waals surface area contributed by atoms with Crippen molar-refractivity contribution in [2.24, 2.45) is 40.4 Å². The molecule has 1 nitrogen and oxygen atoms in total. The molecule has 0 aromatic rings. The maximum atomic E-state index is 10.2. The van der Waals surface area contributed by atoms with Crippen LogP contribution < -0.4 is 0 Å². The summed E-state index contributed by atoms with van der Waals surface area (Å²) in [5, 5.41) is 10.2. The molecule has 0 amide bonds. The van der Waals surface area contributed by atoms with Gasteiger partial charge >= 0.3 is 0 Å². The Morgan fingerprint density at radius 1 is 0.964 bits per heavy atom. The minimum Gasteiger partial charge on any atom is -0.393 e. The maximum absolute atomic E-state index is 10.2. The van der Waals surface area contributed by atoms with Gasteiger partial charge in [-0.05, 0) is 91.8 Å². The maximum Gasteiger partial charge on any atom is 0.0577 e. The Hall–Kier alpha value is -0.560. The van der Waals surface area contributed by atoms with Crippen LogP contribution in [0.4, 0.5) is 0 Å². The molecule has 1 N–H and O–H groups in total. The summed E-state index contributed by atoms with van der Waals surface area (Å²) < 4.78 is 0. The molecule has 0 aromatic carbocycles. The summed E-state index contributed by atoms with van der Waals surface area (Å²) in [5.74, 6) is 4.17. The standard InChI is InChI=1S/C27H44O/c1-18(2)7-6-8-19(3)23-11-12-24-22-10-9-20-17-21(28)13-15-26(20,4)25(22)14-16-27(23,24)5/h9,11,18-19,21-22,24-25,28H,6-8,10,12-17H2,1-5H3/t19-,21+,22+,24+,25+,26+,27-/m1/s1. The van der Waals surface area contributed by atoms with Crippen LogP contribution in [0.2, 0.25) is 0 Å². The van der Waals surface area contributed by atoms with Gasteiger partial charge in [0.05, 0.1) is 6.10 Å². The molecule has 4 aliphatic rings. The molecule has 7 atom stereocenters. The topological polar surface area (TPSA) is 20.2 Å².